The molecule has 0 aliphatic rings. The minimum absolute atomic E-state index is 0.427. The van der Waals surface area contributed by atoms with Gasteiger partial charge in [0, 0.05) is 13.4 Å². The van der Waals surface area contributed by atoms with Gasteiger partial charge >= 0.3 is 7.12 Å². The van der Waals surface area contributed by atoms with Gasteiger partial charge in [0.2, 0.25) is 0 Å². The highest BCUT2D eigenvalue weighted by molar-refractivity contribution is 9.13. The predicted molar refractivity (Wildman–Crippen MR) is 59.4 cm³/mol. The third kappa shape index (κ3) is 2.32. The third-order valence-electron chi connectivity index (χ3n) is 1.30. The number of halogens is 3. The Morgan fingerprint density at radius 1 is 1.08 bits per heavy atom. The Hall–Kier alpha value is 0.645. The zero-order valence-electron chi connectivity index (χ0n) is 5.76. The molecule has 2 N–H and O–H groups in total. The summed E-state index contributed by atoms with van der Waals surface area (Å²) < 4.78 is 2.22. The highest BCUT2D eigenvalue weighted by Gasteiger charge is 2.17. The van der Waals surface area contributed by atoms with Crippen molar-refractivity contribution in [3.63, 3.8) is 0 Å². The summed E-state index contributed by atoms with van der Waals surface area (Å²) in [5.74, 6) is 0. The van der Waals surface area contributed by atoms with Gasteiger partial charge in [0.25, 0.3) is 0 Å². The SMILES string of the molecule is OB(O)c1cc(Br)cc(Br)c1Br. The number of rotatable bonds is 1. The smallest absolute Gasteiger partial charge is 0.423 e. The summed E-state index contributed by atoms with van der Waals surface area (Å²) in [5.41, 5.74) is 0.427. The second-order valence-corrected chi connectivity index (χ2v) is 4.73. The second-order valence-electron chi connectivity index (χ2n) is 2.16. The average Bonchev–Trinajstić information content (AvgIpc) is 1.96. The molecule has 0 aliphatic carbocycles. The summed E-state index contributed by atoms with van der Waals surface area (Å²) in [6.45, 7) is 0. The molecule has 0 unspecified atom stereocenters. The van der Waals surface area contributed by atoms with Crippen LogP contribution in [0.3, 0.4) is 0 Å². The van der Waals surface area contributed by atoms with Crippen LogP contribution in [0, 0.1) is 0 Å². The molecule has 0 radical (unpaired) electrons. The molecule has 0 aromatic heterocycles. The van der Waals surface area contributed by atoms with Crippen LogP contribution in [0.4, 0.5) is 0 Å². The summed E-state index contributed by atoms with van der Waals surface area (Å²) in [4.78, 5) is 0. The van der Waals surface area contributed by atoms with E-state index in [1.807, 2.05) is 6.07 Å². The van der Waals surface area contributed by atoms with Crippen LogP contribution in [0.1, 0.15) is 0 Å². The molecule has 1 aromatic carbocycles. The molecule has 2 nitrogen and oxygen atoms in total. The van der Waals surface area contributed by atoms with E-state index in [-0.39, 0.29) is 0 Å². The molecule has 1 rings (SSSR count). The normalized spacial score (nSPS) is 10.1. The molecule has 0 saturated carbocycles. The Bertz CT molecular complexity index is 303. The van der Waals surface area contributed by atoms with Crippen LogP contribution in [0.5, 0.6) is 0 Å². The van der Waals surface area contributed by atoms with E-state index in [9.17, 15) is 0 Å². The Labute approximate surface area is 95.5 Å². The van der Waals surface area contributed by atoms with E-state index in [1.165, 1.54) is 0 Å². The lowest BCUT2D eigenvalue weighted by Gasteiger charge is -2.05. The van der Waals surface area contributed by atoms with Gasteiger partial charge in [0.15, 0.2) is 0 Å². The van der Waals surface area contributed by atoms with E-state index in [0.29, 0.717) is 9.94 Å². The van der Waals surface area contributed by atoms with Crippen LogP contribution in [-0.2, 0) is 0 Å². The van der Waals surface area contributed by atoms with E-state index in [2.05, 4.69) is 47.8 Å². The Balaban J connectivity index is 3.28. The number of benzene rings is 1. The van der Waals surface area contributed by atoms with E-state index in [0.717, 1.165) is 8.95 Å². The van der Waals surface area contributed by atoms with Gasteiger partial charge in [-0.15, -0.1) is 0 Å². The molecule has 0 spiro atoms. The van der Waals surface area contributed by atoms with Gasteiger partial charge in [0.1, 0.15) is 0 Å². The lowest BCUT2D eigenvalue weighted by molar-refractivity contribution is 0.425. The molecular formula is C6H4BBr3O2. The molecule has 1 aromatic rings. The molecule has 12 heavy (non-hydrogen) atoms. The van der Waals surface area contributed by atoms with Gasteiger partial charge in [-0.2, -0.15) is 0 Å². The highest BCUT2D eigenvalue weighted by atomic mass is 79.9. The Morgan fingerprint density at radius 2 is 1.67 bits per heavy atom. The summed E-state index contributed by atoms with van der Waals surface area (Å²) in [6, 6.07) is 3.45. The Morgan fingerprint density at radius 3 is 2.17 bits per heavy atom. The van der Waals surface area contributed by atoms with E-state index >= 15 is 0 Å². The van der Waals surface area contributed by atoms with Crippen molar-refractivity contribution >= 4 is 60.4 Å². The first-order valence-corrected chi connectivity index (χ1v) is 5.41. The van der Waals surface area contributed by atoms with Gasteiger partial charge in [-0.25, -0.2) is 0 Å². The van der Waals surface area contributed by atoms with Gasteiger partial charge < -0.3 is 10.0 Å². The van der Waals surface area contributed by atoms with Crippen molar-refractivity contribution in [2.24, 2.45) is 0 Å². The number of hydrogen-bond donors (Lipinski definition) is 2. The summed E-state index contributed by atoms with van der Waals surface area (Å²) >= 11 is 9.74. The third-order valence-corrected chi connectivity index (χ3v) is 3.80. The minimum Gasteiger partial charge on any atom is -0.423 e. The zero-order valence-corrected chi connectivity index (χ0v) is 10.5. The van der Waals surface area contributed by atoms with Crippen LogP contribution in [0.25, 0.3) is 0 Å². The highest BCUT2D eigenvalue weighted by Crippen LogP contribution is 2.24. The van der Waals surface area contributed by atoms with Gasteiger partial charge in [-0.05, 0) is 49.5 Å². The van der Waals surface area contributed by atoms with Crippen molar-refractivity contribution in [1.82, 2.24) is 0 Å². The summed E-state index contributed by atoms with van der Waals surface area (Å²) in [7, 11) is -1.46. The quantitative estimate of drug-likeness (QED) is 0.592. The molecule has 0 saturated heterocycles. The predicted octanol–water partition coefficient (Wildman–Crippen LogP) is 1.65. The van der Waals surface area contributed by atoms with Crippen molar-refractivity contribution < 1.29 is 10.0 Å². The van der Waals surface area contributed by atoms with Crippen molar-refractivity contribution in [1.29, 1.82) is 0 Å². The van der Waals surface area contributed by atoms with Crippen molar-refractivity contribution in [3.05, 3.63) is 25.6 Å². The van der Waals surface area contributed by atoms with Crippen LogP contribution in [0.2, 0.25) is 0 Å². The molecule has 6 heteroatoms. The van der Waals surface area contributed by atoms with Gasteiger partial charge in [0.05, 0.1) is 0 Å². The maximum atomic E-state index is 8.94. The largest absolute Gasteiger partial charge is 0.489 e. The van der Waals surface area contributed by atoms with Crippen LogP contribution in [0.15, 0.2) is 25.6 Å². The van der Waals surface area contributed by atoms with Gasteiger partial charge in [-0.1, -0.05) is 15.9 Å². The molecule has 0 aliphatic heterocycles. The number of hydrogen-bond acceptors (Lipinski definition) is 2. The standard InChI is InChI=1S/C6H4BBr3O2/c8-3-1-4(7(11)12)6(10)5(9)2-3/h1-2,11-12H. The van der Waals surface area contributed by atoms with E-state index in [4.69, 9.17) is 10.0 Å². The van der Waals surface area contributed by atoms with Gasteiger partial charge in [-0.3, -0.25) is 0 Å². The molecule has 0 amide bonds. The van der Waals surface area contributed by atoms with Crippen LogP contribution in [-0.4, -0.2) is 17.2 Å². The first-order chi connectivity index (χ1) is 5.52. The van der Waals surface area contributed by atoms with Crippen LogP contribution >= 0.6 is 47.8 Å². The molecule has 0 heterocycles. The summed E-state index contributed by atoms with van der Waals surface area (Å²) in [5, 5.41) is 17.9. The maximum Gasteiger partial charge on any atom is 0.489 e. The van der Waals surface area contributed by atoms with E-state index in [1.54, 1.807) is 6.07 Å². The van der Waals surface area contributed by atoms with E-state index < -0.39 is 7.12 Å². The molecule has 0 bridgehead atoms. The first-order valence-electron chi connectivity index (χ1n) is 3.03. The first kappa shape index (κ1) is 10.7. The second kappa shape index (κ2) is 4.24. The summed E-state index contributed by atoms with van der Waals surface area (Å²) in [6.07, 6.45) is 0. The van der Waals surface area contributed by atoms with Crippen molar-refractivity contribution in [2.75, 3.05) is 0 Å². The topological polar surface area (TPSA) is 40.5 Å². The molecule has 64 valence electrons. The monoisotopic (exact) mass is 356 g/mol. The average molecular weight is 359 g/mol. The fraction of sp³-hybridized carbons (Fsp3) is 0. The van der Waals surface area contributed by atoms with Crippen molar-refractivity contribution in [2.45, 2.75) is 0 Å². The zero-order chi connectivity index (χ0) is 9.30. The van der Waals surface area contributed by atoms with Crippen LogP contribution < -0.4 is 5.46 Å². The fourth-order valence-electron chi connectivity index (χ4n) is 0.764. The van der Waals surface area contributed by atoms with Crippen molar-refractivity contribution in [3.8, 4) is 0 Å². The lowest BCUT2D eigenvalue weighted by Crippen LogP contribution is -2.31. The minimum atomic E-state index is -1.46. The molecular weight excluding hydrogens is 355 g/mol. The Kier molecular flexibility index (Phi) is 3.79. The lowest BCUT2D eigenvalue weighted by atomic mass is 9.80. The molecule has 0 fully saturated rings. The maximum absolute atomic E-state index is 8.94. The fourth-order valence-corrected chi connectivity index (χ4v) is 2.46. The molecule has 0 atom stereocenters.